The Hall–Kier alpha value is -3.89. The predicted molar refractivity (Wildman–Crippen MR) is 106 cm³/mol. The lowest BCUT2D eigenvalue weighted by Gasteiger charge is -2.21. The Kier molecular flexibility index (Phi) is 9.53. The summed E-state index contributed by atoms with van der Waals surface area (Å²) in [4.78, 5) is 46.5. The second-order valence-corrected chi connectivity index (χ2v) is 6.23. The van der Waals surface area contributed by atoms with Crippen molar-refractivity contribution in [1.29, 1.82) is 5.41 Å². The molecule has 2 atom stereocenters. The van der Waals surface area contributed by atoms with Crippen molar-refractivity contribution in [2.45, 2.75) is 31.3 Å². The van der Waals surface area contributed by atoms with Gasteiger partial charge >= 0.3 is 18.0 Å². The fourth-order valence-corrected chi connectivity index (χ4v) is 2.38. The number of nitrogen functional groups attached to an aromatic ring is 1. The molecule has 0 aliphatic carbocycles. The van der Waals surface area contributed by atoms with Crippen LogP contribution in [-0.4, -0.2) is 58.7 Å². The first kappa shape index (κ1) is 24.1. The zero-order valence-electron chi connectivity index (χ0n) is 16.1. The molecule has 1 unspecified atom stereocenters. The molecule has 162 valence electrons. The van der Waals surface area contributed by atoms with Gasteiger partial charge < -0.3 is 31.3 Å². The van der Waals surface area contributed by atoms with Crippen molar-refractivity contribution in [3.05, 3.63) is 48.0 Å². The van der Waals surface area contributed by atoms with Crippen LogP contribution in [-0.2, 0) is 25.5 Å². The molecular weight excluding hydrogens is 396 g/mol. The van der Waals surface area contributed by atoms with Gasteiger partial charge in [0.25, 0.3) is 0 Å². The van der Waals surface area contributed by atoms with Gasteiger partial charge in [-0.25, -0.2) is 9.59 Å². The Morgan fingerprint density at radius 3 is 2.27 bits per heavy atom. The topological polar surface area (TPSA) is 192 Å². The maximum absolute atomic E-state index is 12.6. The summed E-state index contributed by atoms with van der Waals surface area (Å²) in [5.41, 5.74) is 6.47. The average molecular weight is 420 g/mol. The molecule has 30 heavy (non-hydrogen) atoms. The lowest BCUT2D eigenvalue weighted by molar-refractivity contribution is -0.143. The Bertz CT molecular complexity index is 808. The maximum Gasteiger partial charge on any atom is 0.408 e. The van der Waals surface area contributed by atoms with Crippen molar-refractivity contribution < 1.29 is 34.1 Å². The zero-order valence-corrected chi connectivity index (χ0v) is 16.1. The summed E-state index contributed by atoms with van der Waals surface area (Å²) in [5, 5.41) is 29.9. The van der Waals surface area contributed by atoms with Crippen molar-refractivity contribution >= 4 is 29.8 Å². The molecule has 11 nitrogen and oxygen atoms in total. The number of hydrogen-bond acceptors (Lipinski definition) is 6. The minimum Gasteiger partial charge on any atom is -0.481 e. The third kappa shape index (κ3) is 8.42. The number of carbonyl (C=O) groups excluding carboxylic acids is 2. The van der Waals surface area contributed by atoms with Crippen LogP contribution in [0.5, 0.6) is 0 Å². The van der Waals surface area contributed by atoms with Crippen LogP contribution in [0.4, 0.5) is 4.79 Å². The molecule has 0 fully saturated rings. The quantitative estimate of drug-likeness (QED) is 0.157. The largest absolute Gasteiger partial charge is 0.481 e. The van der Waals surface area contributed by atoms with E-state index in [4.69, 9.17) is 21.0 Å². The van der Waals surface area contributed by atoms with Crippen molar-refractivity contribution in [2.75, 3.05) is 6.61 Å². The first-order valence-electron chi connectivity index (χ1n) is 8.86. The van der Waals surface area contributed by atoms with E-state index in [0.717, 1.165) is 0 Å². The Balaban J connectivity index is 2.96. The minimum atomic E-state index is -1.44. The molecule has 0 bridgehead atoms. The monoisotopic (exact) mass is 420 g/mol. The van der Waals surface area contributed by atoms with E-state index in [0.29, 0.717) is 11.1 Å². The number of amidine groups is 1. The highest BCUT2D eigenvalue weighted by Gasteiger charge is 2.27. The van der Waals surface area contributed by atoms with Gasteiger partial charge in [0.2, 0.25) is 5.91 Å². The molecule has 0 spiro atoms. The van der Waals surface area contributed by atoms with Gasteiger partial charge in [-0.05, 0) is 12.0 Å². The third-order valence-electron chi connectivity index (χ3n) is 3.91. The van der Waals surface area contributed by atoms with E-state index >= 15 is 0 Å². The summed E-state index contributed by atoms with van der Waals surface area (Å²) >= 11 is 0. The summed E-state index contributed by atoms with van der Waals surface area (Å²) < 4.78 is 4.80. The van der Waals surface area contributed by atoms with E-state index in [2.05, 4.69) is 17.2 Å². The Morgan fingerprint density at radius 1 is 1.13 bits per heavy atom. The number of benzene rings is 1. The number of hydrogen-bond donors (Lipinski definition) is 6. The predicted octanol–water partition coefficient (Wildman–Crippen LogP) is 0.228. The number of ether oxygens (including phenoxy) is 1. The summed E-state index contributed by atoms with van der Waals surface area (Å²) in [5.74, 6) is -3.56. The van der Waals surface area contributed by atoms with E-state index in [1.54, 1.807) is 24.3 Å². The highest BCUT2D eigenvalue weighted by Crippen LogP contribution is 2.08. The van der Waals surface area contributed by atoms with Crippen LogP contribution in [0.2, 0.25) is 0 Å². The normalized spacial score (nSPS) is 12.1. The van der Waals surface area contributed by atoms with Crippen molar-refractivity contribution in [2.24, 2.45) is 5.73 Å². The molecule has 0 saturated carbocycles. The molecule has 7 N–H and O–H groups in total. The van der Waals surface area contributed by atoms with Crippen LogP contribution < -0.4 is 16.4 Å². The van der Waals surface area contributed by atoms with Gasteiger partial charge in [-0.3, -0.25) is 15.0 Å². The second kappa shape index (κ2) is 11.8. The molecule has 2 amide bonds. The van der Waals surface area contributed by atoms with E-state index in [-0.39, 0.29) is 25.3 Å². The molecular formula is C19H24N4O7. The standard InChI is InChI=1S/C19H24N4O7/c1-2-9-30-19(29)23-14(10-11-3-5-12(6-4-11)16(20)21)17(26)22-13(18(27)28)7-8-15(24)25/h2-6,13-14H,1,7-10H2,(H3,20,21)(H,22,26)(H,23,29)(H,24,25)(H,27,28)/t13-,14?/m0/s1. The van der Waals surface area contributed by atoms with Crippen LogP contribution in [0.25, 0.3) is 0 Å². The van der Waals surface area contributed by atoms with Gasteiger partial charge in [-0.15, -0.1) is 0 Å². The lowest BCUT2D eigenvalue weighted by Crippen LogP contribution is -2.52. The van der Waals surface area contributed by atoms with Crippen LogP contribution in [0.3, 0.4) is 0 Å². The lowest BCUT2D eigenvalue weighted by atomic mass is 10.0. The SMILES string of the molecule is C=CCOC(=O)NC(Cc1ccc(C(=N)N)cc1)C(=O)N[C@@H](CCC(=O)O)C(=O)O. The van der Waals surface area contributed by atoms with Gasteiger partial charge in [0.15, 0.2) is 0 Å². The third-order valence-corrected chi connectivity index (χ3v) is 3.91. The smallest absolute Gasteiger partial charge is 0.408 e. The van der Waals surface area contributed by atoms with Gasteiger partial charge in [0, 0.05) is 18.4 Å². The molecule has 1 aromatic carbocycles. The van der Waals surface area contributed by atoms with Crippen molar-refractivity contribution in [3.63, 3.8) is 0 Å². The number of nitrogens with two attached hydrogens (primary N) is 1. The molecule has 0 aliphatic heterocycles. The van der Waals surface area contributed by atoms with Crippen LogP contribution in [0.15, 0.2) is 36.9 Å². The van der Waals surface area contributed by atoms with Crippen LogP contribution in [0, 0.1) is 5.41 Å². The molecule has 1 aromatic rings. The van der Waals surface area contributed by atoms with Gasteiger partial charge in [-0.1, -0.05) is 36.9 Å². The number of amides is 2. The van der Waals surface area contributed by atoms with Crippen molar-refractivity contribution in [1.82, 2.24) is 10.6 Å². The summed E-state index contributed by atoms with van der Waals surface area (Å²) in [6.07, 6.45) is -0.367. The van der Waals surface area contributed by atoms with Crippen molar-refractivity contribution in [3.8, 4) is 0 Å². The van der Waals surface area contributed by atoms with Crippen LogP contribution in [0.1, 0.15) is 24.0 Å². The molecule has 0 aromatic heterocycles. The number of alkyl carbamates (subject to hydrolysis) is 1. The summed E-state index contributed by atoms with van der Waals surface area (Å²) in [7, 11) is 0. The average Bonchev–Trinajstić information content (AvgIpc) is 2.68. The molecule has 0 saturated heterocycles. The zero-order chi connectivity index (χ0) is 22.7. The first-order valence-corrected chi connectivity index (χ1v) is 8.86. The fourth-order valence-electron chi connectivity index (χ4n) is 2.38. The number of carboxylic acids is 2. The molecule has 1 rings (SSSR count). The summed E-state index contributed by atoms with van der Waals surface area (Å²) in [6, 6.07) is 3.70. The fraction of sp³-hybridized carbons (Fsp3) is 0.316. The Morgan fingerprint density at radius 2 is 1.77 bits per heavy atom. The second-order valence-electron chi connectivity index (χ2n) is 6.23. The van der Waals surface area contributed by atoms with Crippen LogP contribution >= 0.6 is 0 Å². The number of rotatable bonds is 12. The van der Waals surface area contributed by atoms with E-state index < -0.39 is 42.4 Å². The molecule has 0 aliphatic rings. The van der Waals surface area contributed by atoms with Gasteiger partial charge in [0.05, 0.1) is 0 Å². The van der Waals surface area contributed by atoms with E-state index in [1.165, 1.54) is 6.08 Å². The highest BCUT2D eigenvalue weighted by atomic mass is 16.5. The van der Waals surface area contributed by atoms with Gasteiger partial charge in [-0.2, -0.15) is 0 Å². The first-order chi connectivity index (χ1) is 14.1. The number of carboxylic acid groups (broad SMARTS) is 2. The maximum atomic E-state index is 12.6. The minimum absolute atomic E-state index is 0.0154. The number of aliphatic carboxylic acids is 2. The van der Waals surface area contributed by atoms with E-state index in [1.807, 2.05) is 0 Å². The molecule has 0 heterocycles. The van der Waals surface area contributed by atoms with Gasteiger partial charge in [0.1, 0.15) is 24.5 Å². The summed E-state index contributed by atoms with van der Waals surface area (Å²) in [6.45, 7) is 3.31. The molecule has 0 radical (unpaired) electrons. The van der Waals surface area contributed by atoms with E-state index in [9.17, 15) is 24.3 Å². The number of nitrogens with one attached hydrogen (secondary N) is 3. The highest BCUT2D eigenvalue weighted by molar-refractivity contribution is 5.95. The Labute approximate surface area is 172 Å². The number of carbonyl (C=O) groups is 4. The molecule has 11 heteroatoms.